The molecule has 0 atom stereocenters. The van der Waals surface area contributed by atoms with Gasteiger partial charge in [0.2, 0.25) is 0 Å². The topological polar surface area (TPSA) is 72.2 Å². The number of anilines is 2. The monoisotopic (exact) mass is 286 g/mol. The lowest BCUT2D eigenvalue weighted by Crippen LogP contribution is -2.13. The van der Waals surface area contributed by atoms with Gasteiger partial charge in [0.15, 0.2) is 0 Å². The zero-order chi connectivity index (χ0) is 13.3. The molecule has 0 aliphatic carbocycles. The molecule has 0 amide bonds. The van der Waals surface area contributed by atoms with Crippen LogP contribution < -0.4 is 10.5 Å². The number of aryl methyl sites for hydroxylation is 1. The Morgan fingerprint density at radius 1 is 1.39 bits per heavy atom. The molecule has 1 aromatic heterocycles. The maximum atomic E-state index is 13.6. The number of nitrogens with one attached hydrogen (secondary N) is 1. The molecule has 0 aliphatic heterocycles. The lowest BCUT2D eigenvalue weighted by atomic mass is 10.2. The third-order valence-corrected chi connectivity index (χ3v) is 5.13. The van der Waals surface area contributed by atoms with Crippen molar-refractivity contribution in [2.75, 3.05) is 10.5 Å². The Morgan fingerprint density at radius 2 is 2.11 bits per heavy atom. The van der Waals surface area contributed by atoms with E-state index in [1.54, 1.807) is 13.0 Å². The minimum Gasteiger partial charge on any atom is -0.398 e. The van der Waals surface area contributed by atoms with Crippen molar-refractivity contribution in [2.24, 2.45) is 0 Å². The first kappa shape index (κ1) is 12.8. The van der Waals surface area contributed by atoms with Gasteiger partial charge < -0.3 is 5.73 Å². The van der Waals surface area contributed by atoms with Crippen LogP contribution in [0.2, 0.25) is 0 Å². The minimum atomic E-state index is -3.79. The van der Waals surface area contributed by atoms with Gasteiger partial charge in [-0.15, -0.1) is 11.3 Å². The number of halogens is 1. The lowest BCUT2D eigenvalue weighted by molar-refractivity contribution is 0.600. The molecule has 3 N–H and O–H groups in total. The number of para-hydroxylation sites is 1. The molecule has 0 unspecified atom stereocenters. The number of hydrogen-bond acceptors (Lipinski definition) is 4. The Labute approximate surface area is 108 Å². The number of sulfonamides is 1. The highest BCUT2D eigenvalue weighted by Crippen LogP contribution is 2.26. The molecule has 0 saturated carbocycles. The van der Waals surface area contributed by atoms with Crippen molar-refractivity contribution >= 4 is 32.7 Å². The van der Waals surface area contributed by atoms with Crippen LogP contribution in [0.15, 0.2) is 33.9 Å². The second-order valence-corrected chi connectivity index (χ2v) is 6.56. The van der Waals surface area contributed by atoms with E-state index < -0.39 is 15.8 Å². The van der Waals surface area contributed by atoms with Crippen molar-refractivity contribution in [1.29, 1.82) is 0 Å². The smallest absolute Gasteiger partial charge is 0.271 e. The maximum absolute atomic E-state index is 13.6. The molecule has 0 saturated heterocycles. The summed E-state index contributed by atoms with van der Waals surface area (Å²) in [5, 5.41) is 1.52. The van der Waals surface area contributed by atoms with Crippen molar-refractivity contribution in [3.63, 3.8) is 0 Å². The highest BCUT2D eigenvalue weighted by Gasteiger charge is 2.19. The van der Waals surface area contributed by atoms with Gasteiger partial charge in [0, 0.05) is 11.1 Å². The van der Waals surface area contributed by atoms with Gasteiger partial charge >= 0.3 is 0 Å². The molecule has 0 radical (unpaired) electrons. The second-order valence-electron chi connectivity index (χ2n) is 3.74. The molecule has 7 heteroatoms. The Balaban J connectivity index is 2.40. The third kappa shape index (κ3) is 2.46. The fourth-order valence-corrected chi connectivity index (χ4v) is 3.64. The molecule has 4 nitrogen and oxygen atoms in total. The molecule has 2 rings (SSSR count). The summed E-state index contributed by atoms with van der Waals surface area (Å²) in [6.07, 6.45) is 0. The molecule has 2 aromatic rings. The van der Waals surface area contributed by atoms with Gasteiger partial charge in [-0.3, -0.25) is 4.72 Å². The van der Waals surface area contributed by atoms with Crippen LogP contribution in [0.25, 0.3) is 0 Å². The van der Waals surface area contributed by atoms with Crippen molar-refractivity contribution in [3.8, 4) is 0 Å². The first-order valence-electron chi connectivity index (χ1n) is 5.02. The highest BCUT2D eigenvalue weighted by atomic mass is 32.2. The minimum absolute atomic E-state index is 0.0375. The predicted molar refractivity (Wildman–Crippen MR) is 70.7 cm³/mol. The Morgan fingerprint density at radius 3 is 2.67 bits per heavy atom. The Hall–Kier alpha value is -1.60. The SMILES string of the molecule is Cc1cccc(F)c1NS(=O)(=O)c1cc(N)cs1. The number of rotatable bonds is 3. The molecule has 18 heavy (non-hydrogen) atoms. The Kier molecular flexibility index (Phi) is 3.27. The molecule has 0 fully saturated rings. The molecule has 1 heterocycles. The zero-order valence-corrected chi connectivity index (χ0v) is 11.1. The van der Waals surface area contributed by atoms with Crippen molar-refractivity contribution in [1.82, 2.24) is 0 Å². The van der Waals surface area contributed by atoms with Crippen LogP contribution in [-0.4, -0.2) is 8.42 Å². The van der Waals surface area contributed by atoms with Crippen molar-refractivity contribution in [2.45, 2.75) is 11.1 Å². The van der Waals surface area contributed by atoms with Crippen LogP contribution in [0, 0.1) is 12.7 Å². The van der Waals surface area contributed by atoms with E-state index in [9.17, 15) is 12.8 Å². The van der Waals surface area contributed by atoms with Gasteiger partial charge in [0.25, 0.3) is 10.0 Å². The largest absolute Gasteiger partial charge is 0.398 e. The van der Waals surface area contributed by atoms with Gasteiger partial charge in [0.05, 0.1) is 5.69 Å². The fraction of sp³-hybridized carbons (Fsp3) is 0.0909. The summed E-state index contributed by atoms with van der Waals surface area (Å²) in [7, 11) is -3.79. The van der Waals surface area contributed by atoms with Crippen molar-refractivity contribution in [3.05, 3.63) is 41.0 Å². The van der Waals surface area contributed by atoms with E-state index in [0.717, 1.165) is 11.3 Å². The van der Waals surface area contributed by atoms with Gasteiger partial charge in [-0.2, -0.15) is 0 Å². The number of benzene rings is 1. The first-order chi connectivity index (χ1) is 8.40. The van der Waals surface area contributed by atoms with Crippen LogP contribution in [0.3, 0.4) is 0 Å². The van der Waals surface area contributed by atoms with Crippen LogP contribution in [0.5, 0.6) is 0 Å². The summed E-state index contributed by atoms with van der Waals surface area (Å²) < 4.78 is 39.8. The maximum Gasteiger partial charge on any atom is 0.271 e. The van der Waals surface area contributed by atoms with Crippen LogP contribution in [0.4, 0.5) is 15.8 Å². The number of thiophene rings is 1. The Bertz CT molecular complexity index is 660. The van der Waals surface area contributed by atoms with E-state index >= 15 is 0 Å². The second kappa shape index (κ2) is 4.58. The molecule has 96 valence electrons. The number of nitrogen functional groups attached to an aromatic ring is 1. The lowest BCUT2D eigenvalue weighted by Gasteiger charge is -2.09. The zero-order valence-electron chi connectivity index (χ0n) is 9.48. The number of hydrogen-bond donors (Lipinski definition) is 2. The van der Waals surface area contributed by atoms with Gasteiger partial charge in [-0.1, -0.05) is 12.1 Å². The van der Waals surface area contributed by atoms with Gasteiger partial charge in [-0.25, -0.2) is 12.8 Å². The van der Waals surface area contributed by atoms with Crippen molar-refractivity contribution < 1.29 is 12.8 Å². The summed E-state index contributed by atoms with van der Waals surface area (Å²) in [5.74, 6) is -0.608. The molecule has 0 spiro atoms. The summed E-state index contributed by atoms with van der Waals surface area (Å²) in [6, 6.07) is 5.69. The molecule has 0 bridgehead atoms. The van der Waals surface area contributed by atoms with Crippen LogP contribution >= 0.6 is 11.3 Å². The normalized spacial score (nSPS) is 11.4. The molecule has 0 aliphatic rings. The summed E-state index contributed by atoms with van der Waals surface area (Å²) in [6.45, 7) is 1.63. The van der Waals surface area contributed by atoms with Gasteiger partial charge in [0.1, 0.15) is 10.0 Å². The average Bonchev–Trinajstić information content (AvgIpc) is 2.71. The quantitative estimate of drug-likeness (QED) is 0.911. The third-order valence-electron chi connectivity index (χ3n) is 2.32. The first-order valence-corrected chi connectivity index (χ1v) is 7.38. The predicted octanol–water partition coefficient (Wildman–Crippen LogP) is 2.58. The van der Waals surface area contributed by atoms with Gasteiger partial charge in [-0.05, 0) is 24.6 Å². The highest BCUT2D eigenvalue weighted by molar-refractivity contribution is 7.94. The molecular formula is C11H11FN2O2S2. The molecular weight excluding hydrogens is 275 g/mol. The van der Waals surface area contributed by atoms with E-state index in [1.807, 2.05) is 0 Å². The number of nitrogens with two attached hydrogens (primary N) is 1. The summed E-state index contributed by atoms with van der Waals surface area (Å²) in [4.78, 5) is 0. The summed E-state index contributed by atoms with van der Waals surface area (Å²) in [5.41, 5.74) is 6.32. The van der Waals surface area contributed by atoms with E-state index in [4.69, 9.17) is 5.73 Å². The van der Waals surface area contributed by atoms with E-state index in [0.29, 0.717) is 11.3 Å². The van der Waals surface area contributed by atoms with E-state index in [-0.39, 0.29) is 9.90 Å². The van der Waals surface area contributed by atoms with E-state index in [1.165, 1.54) is 23.6 Å². The summed E-state index contributed by atoms with van der Waals surface area (Å²) >= 11 is 0.990. The van der Waals surface area contributed by atoms with Crippen LogP contribution in [-0.2, 0) is 10.0 Å². The van der Waals surface area contributed by atoms with E-state index in [2.05, 4.69) is 4.72 Å². The fourth-order valence-electron chi connectivity index (χ4n) is 1.42. The molecule has 1 aromatic carbocycles. The standard InChI is InChI=1S/C11H11FN2O2S2/c1-7-3-2-4-9(12)11(7)14-18(15,16)10-5-8(13)6-17-10/h2-6,14H,13H2,1H3. The average molecular weight is 286 g/mol. The van der Waals surface area contributed by atoms with Crippen LogP contribution in [0.1, 0.15) is 5.56 Å².